The molecule has 2 aliphatic heterocycles. The van der Waals surface area contributed by atoms with E-state index >= 15 is 0 Å². The maximum absolute atomic E-state index is 13.1. The van der Waals surface area contributed by atoms with Gasteiger partial charge in [0.25, 0.3) is 0 Å². The first-order valence-electron chi connectivity index (χ1n) is 11.2. The van der Waals surface area contributed by atoms with E-state index in [1.165, 1.54) is 0 Å². The fraction of sp³-hybridized carbons (Fsp3) is 0.696. The number of nitrogens with zero attached hydrogens (tertiary/aromatic N) is 3. The Morgan fingerprint density at radius 1 is 0.900 bits per heavy atom. The Labute approximate surface area is 182 Å². The summed E-state index contributed by atoms with van der Waals surface area (Å²) in [5.74, 6) is 0.405. The monoisotopic (exact) mass is 435 g/mol. The van der Waals surface area contributed by atoms with Gasteiger partial charge in [-0.1, -0.05) is 46.8 Å². The molecule has 1 atom stereocenters. The molecule has 6 nitrogen and oxygen atoms in total. The minimum Gasteiger partial charge on any atom is -0.341 e. The summed E-state index contributed by atoms with van der Waals surface area (Å²) in [4.78, 5) is 17.6. The average molecular weight is 436 g/mol. The van der Waals surface area contributed by atoms with Crippen molar-refractivity contribution in [3.05, 3.63) is 29.8 Å². The Morgan fingerprint density at radius 2 is 1.43 bits per heavy atom. The normalized spacial score (nSPS) is 20.7. The van der Waals surface area contributed by atoms with Crippen molar-refractivity contribution < 1.29 is 13.2 Å². The van der Waals surface area contributed by atoms with Gasteiger partial charge in [0.1, 0.15) is 0 Å². The molecule has 0 saturated carbocycles. The molecule has 2 aliphatic rings. The van der Waals surface area contributed by atoms with Crippen molar-refractivity contribution in [2.24, 2.45) is 5.92 Å². The molecule has 0 spiro atoms. The van der Waals surface area contributed by atoms with E-state index in [0.29, 0.717) is 31.1 Å². The summed E-state index contributed by atoms with van der Waals surface area (Å²) in [7, 11) is -3.52. The second-order valence-corrected chi connectivity index (χ2v) is 11.9. The molecule has 3 rings (SSSR count). The predicted octanol–water partition coefficient (Wildman–Crippen LogP) is 2.94. The molecule has 2 heterocycles. The number of piperazine rings is 1. The highest BCUT2D eigenvalue weighted by Gasteiger charge is 2.37. The maximum atomic E-state index is 13.1. The number of carbonyl (C=O) groups excluding carboxylic acids is 1. The molecule has 1 aromatic carbocycles. The molecule has 0 bridgehead atoms. The summed E-state index contributed by atoms with van der Waals surface area (Å²) in [6.45, 7) is 14.2. The van der Waals surface area contributed by atoms with E-state index in [2.05, 4.69) is 39.5 Å². The van der Waals surface area contributed by atoms with Crippen LogP contribution in [0.2, 0.25) is 0 Å². The summed E-state index contributed by atoms with van der Waals surface area (Å²) >= 11 is 0. The fourth-order valence-corrected chi connectivity index (χ4v) is 5.91. The summed E-state index contributed by atoms with van der Waals surface area (Å²) < 4.78 is 27.8. The van der Waals surface area contributed by atoms with E-state index in [9.17, 15) is 13.2 Å². The standard InChI is InChI=1S/C23H37N3O3S/c1-18(2)21(22(27)25-12-6-7-13-25)24-14-16-26(17-15-24)30(28,29)20-10-8-19(9-11-20)23(3,4)5/h8-11,18,21H,6-7,12-17H2,1-5H3. The van der Waals surface area contributed by atoms with Gasteiger partial charge in [0, 0.05) is 39.3 Å². The molecule has 0 aromatic heterocycles. The Balaban J connectivity index is 1.68. The van der Waals surface area contributed by atoms with Gasteiger partial charge in [-0.25, -0.2) is 8.42 Å². The molecule has 1 unspecified atom stereocenters. The van der Waals surface area contributed by atoms with Crippen molar-refractivity contribution >= 4 is 15.9 Å². The number of hydrogen-bond donors (Lipinski definition) is 0. The third-order valence-corrected chi connectivity index (χ3v) is 8.24. The van der Waals surface area contributed by atoms with Crippen LogP contribution < -0.4 is 0 Å². The van der Waals surface area contributed by atoms with Gasteiger partial charge in [-0.3, -0.25) is 9.69 Å². The lowest BCUT2D eigenvalue weighted by atomic mass is 9.87. The lowest BCUT2D eigenvalue weighted by Gasteiger charge is -2.40. The number of hydrogen-bond acceptors (Lipinski definition) is 4. The quantitative estimate of drug-likeness (QED) is 0.713. The van der Waals surface area contributed by atoms with Crippen LogP contribution in [0, 0.1) is 5.92 Å². The molecule has 1 aromatic rings. The molecular weight excluding hydrogens is 398 g/mol. The largest absolute Gasteiger partial charge is 0.341 e. The van der Waals surface area contributed by atoms with E-state index in [4.69, 9.17) is 0 Å². The summed E-state index contributed by atoms with van der Waals surface area (Å²) in [6, 6.07) is 7.09. The highest BCUT2D eigenvalue weighted by atomic mass is 32.2. The van der Waals surface area contributed by atoms with Crippen molar-refractivity contribution in [2.75, 3.05) is 39.3 Å². The zero-order valence-electron chi connectivity index (χ0n) is 19.1. The third-order valence-electron chi connectivity index (χ3n) is 6.33. The molecule has 30 heavy (non-hydrogen) atoms. The minimum atomic E-state index is -3.52. The van der Waals surface area contributed by atoms with Crippen LogP contribution in [0.3, 0.4) is 0 Å². The van der Waals surface area contributed by atoms with Gasteiger partial charge < -0.3 is 4.90 Å². The van der Waals surface area contributed by atoms with Crippen molar-refractivity contribution in [3.63, 3.8) is 0 Å². The van der Waals surface area contributed by atoms with Crippen LogP contribution in [-0.4, -0.2) is 73.7 Å². The first-order chi connectivity index (χ1) is 14.0. The fourth-order valence-electron chi connectivity index (χ4n) is 4.49. The topological polar surface area (TPSA) is 60.9 Å². The van der Waals surface area contributed by atoms with Crippen LogP contribution in [0.4, 0.5) is 0 Å². The SMILES string of the molecule is CC(C)C(C(=O)N1CCCC1)N1CCN(S(=O)(=O)c2ccc(C(C)(C)C)cc2)CC1. The van der Waals surface area contributed by atoms with E-state index in [1.807, 2.05) is 17.0 Å². The van der Waals surface area contributed by atoms with E-state index < -0.39 is 10.0 Å². The number of amides is 1. The van der Waals surface area contributed by atoms with Gasteiger partial charge in [-0.05, 0) is 41.9 Å². The zero-order valence-corrected chi connectivity index (χ0v) is 19.9. The zero-order chi connectivity index (χ0) is 22.1. The predicted molar refractivity (Wildman–Crippen MR) is 120 cm³/mol. The second-order valence-electron chi connectivity index (χ2n) is 9.94. The summed E-state index contributed by atoms with van der Waals surface area (Å²) in [5.41, 5.74) is 1.10. The number of rotatable bonds is 5. The van der Waals surface area contributed by atoms with Gasteiger partial charge >= 0.3 is 0 Å². The Hall–Kier alpha value is -1.44. The second kappa shape index (κ2) is 8.97. The van der Waals surface area contributed by atoms with Crippen molar-refractivity contribution in [1.82, 2.24) is 14.1 Å². The van der Waals surface area contributed by atoms with E-state index in [1.54, 1.807) is 16.4 Å². The van der Waals surface area contributed by atoms with Crippen LogP contribution in [-0.2, 0) is 20.2 Å². The molecule has 2 saturated heterocycles. The molecule has 2 fully saturated rings. The van der Waals surface area contributed by atoms with Gasteiger partial charge in [-0.2, -0.15) is 4.31 Å². The number of carbonyl (C=O) groups is 1. The highest BCUT2D eigenvalue weighted by molar-refractivity contribution is 7.89. The molecule has 0 radical (unpaired) electrons. The average Bonchev–Trinajstić information content (AvgIpc) is 3.22. The first kappa shape index (κ1) is 23.2. The lowest BCUT2D eigenvalue weighted by Crippen LogP contribution is -2.57. The molecule has 0 N–H and O–H groups in total. The Kier molecular flexibility index (Phi) is 6.94. The third kappa shape index (κ3) is 4.89. The molecular formula is C23H37N3O3S. The highest BCUT2D eigenvalue weighted by Crippen LogP contribution is 2.26. The van der Waals surface area contributed by atoms with Crippen molar-refractivity contribution in [3.8, 4) is 0 Å². The van der Waals surface area contributed by atoms with Crippen LogP contribution in [0.1, 0.15) is 53.0 Å². The van der Waals surface area contributed by atoms with E-state index in [0.717, 1.165) is 31.5 Å². The van der Waals surface area contributed by atoms with Crippen LogP contribution in [0.5, 0.6) is 0 Å². The van der Waals surface area contributed by atoms with Gasteiger partial charge in [0.15, 0.2) is 0 Å². The Morgan fingerprint density at radius 3 is 1.90 bits per heavy atom. The van der Waals surface area contributed by atoms with Gasteiger partial charge in [-0.15, -0.1) is 0 Å². The van der Waals surface area contributed by atoms with Crippen LogP contribution in [0.25, 0.3) is 0 Å². The van der Waals surface area contributed by atoms with Gasteiger partial charge in [0.2, 0.25) is 15.9 Å². The number of sulfonamides is 1. The Bertz CT molecular complexity index is 829. The van der Waals surface area contributed by atoms with Crippen LogP contribution in [0.15, 0.2) is 29.2 Å². The van der Waals surface area contributed by atoms with E-state index in [-0.39, 0.29) is 23.3 Å². The molecule has 168 valence electrons. The van der Waals surface area contributed by atoms with Crippen molar-refractivity contribution in [2.45, 2.75) is 63.8 Å². The molecule has 7 heteroatoms. The smallest absolute Gasteiger partial charge is 0.243 e. The lowest BCUT2D eigenvalue weighted by molar-refractivity contribution is -0.138. The maximum Gasteiger partial charge on any atom is 0.243 e. The number of benzene rings is 1. The summed E-state index contributed by atoms with van der Waals surface area (Å²) in [6.07, 6.45) is 2.16. The summed E-state index contributed by atoms with van der Waals surface area (Å²) in [5, 5.41) is 0. The first-order valence-corrected chi connectivity index (χ1v) is 12.6. The van der Waals surface area contributed by atoms with Crippen molar-refractivity contribution in [1.29, 1.82) is 0 Å². The number of likely N-dealkylation sites (tertiary alicyclic amines) is 1. The minimum absolute atomic E-state index is 0.0122. The molecule has 1 amide bonds. The molecule has 0 aliphatic carbocycles. The van der Waals surface area contributed by atoms with Gasteiger partial charge in [0.05, 0.1) is 10.9 Å². The van der Waals surface area contributed by atoms with Crippen LogP contribution >= 0.6 is 0 Å².